The first-order valence-corrected chi connectivity index (χ1v) is 9.25. The predicted octanol–water partition coefficient (Wildman–Crippen LogP) is 4.64. The second-order valence-corrected chi connectivity index (χ2v) is 6.97. The van der Waals surface area contributed by atoms with Crippen LogP contribution in [-0.4, -0.2) is 26.3 Å². The lowest BCUT2D eigenvalue weighted by atomic mass is 9.74. The maximum absolute atomic E-state index is 13.4. The molecule has 1 aliphatic rings. The molecule has 0 saturated carbocycles. The summed E-state index contributed by atoms with van der Waals surface area (Å²) in [7, 11) is 1.61. The Morgan fingerprint density at radius 1 is 0.929 bits per heavy atom. The van der Waals surface area contributed by atoms with E-state index in [9.17, 15) is 9.18 Å². The molecule has 5 heteroatoms. The van der Waals surface area contributed by atoms with Crippen LogP contribution in [0.15, 0.2) is 60.7 Å². The predicted molar refractivity (Wildman–Crippen MR) is 104 cm³/mol. The Morgan fingerprint density at radius 2 is 1.57 bits per heavy atom. The molecule has 1 fully saturated rings. The number of halogens is 1. The van der Waals surface area contributed by atoms with Crippen molar-refractivity contribution in [2.45, 2.75) is 18.3 Å². The molecule has 3 aromatic rings. The molecule has 3 aromatic carbocycles. The average Bonchev–Trinajstić information content (AvgIpc) is 2.74. The highest BCUT2D eigenvalue weighted by atomic mass is 19.1. The zero-order valence-electron chi connectivity index (χ0n) is 15.6. The zero-order chi connectivity index (χ0) is 19.6. The molecule has 0 amide bonds. The highest BCUT2D eigenvalue weighted by Crippen LogP contribution is 2.37. The second kappa shape index (κ2) is 7.60. The van der Waals surface area contributed by atoms with Crippen molar-refractivity contribution in [3.05, 3.63) is 72.0 Å². The average molecular weight is 380 g/mol. The zero-order valence-corrected chi connectivity index (χ0v) is 15.6. The van der Waals surface area contributed by atoms with E-state index in [0.717, 1.165) is 22.1 Å². The maximum atomic E-state index is 13.4. The Morgan fingerprint density at radius 3 is 2.25 bits per heavy atom. The summed E-state index contributed by atoms with van der Waals surface area (Å²) in [6.45, 7) is 0.919. The van der Waals surface area contributed by atoms with Crippen molar-refractivity contribution in [3.63, 3.8) is 0 Å². The number of hydrogen-bond acceptors (Lipinski definition) is 4. The van der Waals surface area contributed by atoms with E-state index in [0.29, 0.717) is 31.8 Å². The topological polar surface area (TPSA) is 44.8 Å². The van der Waals surface area contributed by atoms with Gasteiger partial charge in [0, 0.05) is 13.2 Å². The first-order chi connectivity index (χ1) is 13.6. The molecule has 1 saturated heterocycles. The Balaban J connectivity index is 1.66. The van der Waals surface area contributed by atoms with E-state index in [1.807, 2.05) is 30.3 Å². The Bertz CT molecular complexity index is 991. The lowest BCUT2D eigenvalue weighted by Gasteiger charge is -2.35. The summed E-state index contributed by atoms with van der Waals surface area (Å²) in [6.07, 6.45) is 0.998. The molecule has 0 aromatic heterocycles. The quantitative estimate of drug-likeness (QED) is 0.489. The van der Waals surface area contributed by atoms with Crippen molar-refractivity contribution in [1.29, 1.82) is 0 Å². The number of benzene rings is 3. The number of carbonyl (C=O) groups is 1. The van der Waals surface area contributed by atoms with Gasteiger partial charge in [0.05, 0.1) is 12.5 Å². The number of carbonyl (C=O) groups excluding carboxylic acids is 1. The Labute approximate surface area is 162 Å². The molecule has 0 atom stereocenters. The summed E-state index contributed by atoms with van der Waals surface area (Å²) in [5, 5.41) is 1.95. The normalized spacial score (nSPS) is 15.9. The first-order valence-electron chi connectivity index (χ1n) is 9.25. The lowest BCUT2D eigenvalue weighted by molar-refractivity contribution is -0.145. The molecule has 0 radical (unpaired) electrons. The van der Waals surface area contributed by atoms with Gasteiger partial charge < -0.3 is 14.2 Å². The number of methoxy groups -OCH3 is 1. The minimum absolute atomic E-state index is 0.331. The lowest BCUT2D eigenvalue weighted by Crippen LogP contribution is -2.44. The van der Waals surface area contributed by atoms with E-state index in [2.05, 4.69) is 0 Å². The monoisotopic (exact) mass is 380 g/mol. The molecule has 0 N–H and O–H groups in total. The van der Waals surface area contributed by atoms with Crippen LogP contribution in [0.3, 0.4) is 0 Å². The van der Waals surface area contributed by atoms with Gasteiger partial charge in [-0.3, -0.25) is 4.79 Å². The molecule has 0 unspecified atom stereocenters. The number of ether oxygens (including phenoxy) is 3. The minimum atomic E-state index is -0.838. The van der Waals surface area contributed by atoms with Crippen LogP contribution in [0.4, 0.5) is 4.39 Å². The van der Waals surface area contributed by atoms with Crippen LogP contribution in [0.2, 0.25) is 0 Å². The fourth-order valence-corrected chi connectivity index (χ4v) is 3.70. The van der Waals surface area contributed by atoms with Gasteiger partial charge in [-0.2, -0.15) is 0 Å². The third-order valence-electron chi connectivity index (χ3n) is 5.36. The van der Waals surface area contributed by atoms with Crippen LogP contribution in [-0.2, 0) is 14.9 Å². The van der Waals surface area contributed by atoms with Gasteiger partial charge in [-0.15, -0.1) is 0 Å². The van der Waals surface area contributed by atoms with E-state index in [1.165, 1.54) is 12.1 Å². The number of fused-ring (bicyclic) bond motifs is 1. The van der Waals surface area contributed by atoms with Crippen LogP contribution in [0.1, 0.15) is 18.4 Å². The van der Waals surface area contributed by atoms with Gasteiger partial charge in [-0.25, -0.2) is 4.39 Å². The first kappa shape index (κ1) is 18.4. The van der Waals surface area contributed by atoms with Crippen LogP contribution < -0.4 is 9.47 Å². The van der Waals surface area contributed by atoms with E-state index < -0.39 is 5.41 Å². The van der Waals surface area contributed by atoms with E-state index >= 15 is 0 Å². The highest BCUT2D eigenvalue weighted by Gasteiger charge is 2.43. The molecule has 1 heterocycles. The molecule has 28 heavy (non-hydrogen) atoms. The molecule has 4 nitrogen and oxygen atoms in total. The van der Waals surface area contributed by atoms with Crippen molar-refractivity contribution in [3.8, 4) is 11.5 Å². The van der Waals surface area contributed by atoms with Crippen molar-refractivity contribution in [2.24, 2.45) is 0 Å². The van der Waals surface area contributed by atoms with Crippen LogP contribution in [0, 0.1) is 5.82 Å². The standard InChI is InChI=1S/C23H21FO4/c1-26-20-8-2-16-3-9-21(15-17(16)14-20)28-22(25)23(10-12-27-13-11-23)18-4-6-19(24)7-5-18/h2-9,14-15H,10-13H2,1H3. The molecular weight excluding hydrogens is 359 g/mol. The molecule has 1 aliphatic heterocycles. The molecule has 144 valence electrons. The molecule has 4 rings (SSSR count). The fraction of sp³-hybridized carbons (Fsp3) is 0.261. The smallest absolute Gasteiger partial charge is 0.322 e. The van der Waals surface area contributed by atoms with E-state index in [1.54, 1.807) is 25.3 Å². The summed E-state index contributed by atoms with van der Waals surface area (Å²) < 4.78 is 29.9. The van der Waals surface area contributed by atoms with E-state index in [-0.39, 0.29) is 11.8 Å². The van der Waals surface area contributed by atoms with Gasteiger partial charge in [-0.1, -0.05) is 24.3 Å². The van der Waals surface area contributed by atoms with Gasteiger partial charge in [-0.05, 0) is 65.6 Å². The van der Waals surface area contributed by atoms with Gasteiger partial charge in [0.25, 0.3) is 0 Å². The van der Waals surface area contributed by atoms with Crippen molar-refractivity contribution >= 4 is 16.7 Å². The van der Waals surface area contributed by atoms with E-state index in [4.69, 9.17) is 14.2 Å². The van der Waals surface area contributed by atoms with Crippen LogP contribution in [0.25, 0.3) is 10.8 Å². The Kier molecular flexibility index (Phi) is 5.01. The number of rotatable bonds is 4. The van der Waals surface area contributed by atoms with Crippen LogP contribution in [0.5, 0.6) is 11.5 Å². The third-order valence-corrected chi connectivity index (χ3v) is 5.36. The summed E-state index contributed by atoms with van der Waals surface area (Å²) in [6, 6.07) is 17.3. The van der Waals surface area contributed by atoms with Crippen molar-refractivity contribution in [1.82, 2.24) is 0 Å². The number of hydrogen-bond donors (Lipinski definition) is 0. The minimum Gasteiger partial charge on any atom is -0.497 e. The SMILES string of the molecule is COc1ccc2ccc(OC(=O)C3(c4ccc(F)cc4)CCOCC3)cc2c1. The van der Waals surface area contributed by atoms with Crippen LogP contribution >= 0.6 is 0 Å². The van der Waals surface area contributed by atoms with Gasteiger partial charge >= 0.3 is 5.97 Å². The van der Waals surface area contributed by atoms with Gasteiger partial charge in [0.1, 0.15) is 17.3 Å². The summed E-state index contributed by atoms with van der Waals surface area (Å²) in [4.78, 5) is 13.2. The summed E-state index contributed by atoms with van der Waals surface area (Å²) in [5.74, 6) is 0.536. The Hall–Kier alpha value is -2.92. The molecule has 0 aliphatic carbocycles. The molecule has 0 bridgehead atoms. The van der Waals surface area contributed by atoms with Crippen molar-refractivity contribution < 1.29 is 23.4 Å². The van der Waals surface area contributed by atoms with Crippen molar-refractivity contribution in [2.75, 3.05) is 20.3 Å². The van der Waals surface area contributed by atoms with Gasteiger partial charge in [0.15, 0.2) is 0 Å². The largest absolute Gasteiger partial charge is 0.497 e. The molecular formula is C23H21FO4. The second-order valence-electron chi connectivity index (χ2n) is 6.97. The highest BCUT2D eigenvalue weighted by molar-refractivity contribution is 5.88. The third kappa shape index (κ3) is 3.45. The maximum Gasteiger partial charge on any atom is 0.322 e. The summed E-state index contributed by atoms with van der Waals surface area (Å²) >= 11 is 0. The molecule has 0 spiro atoms. The fourth-order valence-electron chi connectivity index (χ4n) is 3.70. The van der Waals surface area contributed by atoms with Gasteiger partial charge in [0.2, 0.25) is 0 Å². The number of esters is 1. The summed E-state index contributed by atoms with van der Waals surface area (Å²) in [5.41, 5.74) is -0.0837.